The maximum absolute atomic E-state index is 12.2. The van der Waals surface area contributed by atoms with Gasteiger partial charge < -0.3 is 4.74 Å². The van der Waals surface area contributed by atoms with Gasteiger partial charge in [-0.05, 0) is 38.5 Å². The van der Waals surface area contributed by atoms with Gasteiger partial charge >= 0.3 is 0 Å². The summed E-state index contributed by atoms with van der Waals surface area (Å²) in [6.07, 6.45) is 0. The van der Waals surface area contributed by atoms with Gasteiger partial charge in [0.05, 0.1) is 0 Å². The number of aryl methyl sites for hydroxylation is 3. The molecule has 8 heteroatoms. The molecule has 4 aromatic rings. The second kappa shape index (κ2) is 7.40. The van der Waals surface area contributed by atoms with Crippen LogP contribution in [-0.2, 0) is 4.79 Å². The minimum Gasteiger partial charge on any atom is -0.483 e. The summed E-state index contributed by atoms with van der Waals surface area (Å²) in [5.41, 5.74) is 4.20. The standard InChI is InChI=1S/C20H19N5O2S/c1-12-5-4-6-15(10-12)18-22-23-20-25(18)24-19(28-20)21-17(26)11-27-16-8-7-13(2)9-14(16)3/h4-10H,11H2,1-3H3,(H,21,24,26). The van der Waals surface area contributed by atoms with Crippen molar-refractivity contribution in [3.05, 3.63) is 59.2 Å². The number of rotatable bonds is 5. The molecule has 7 nitrogen and oxygen atoms in total. The summed E-state index contributed by atoms with van der Waals surface area (Å²) in [4.78, 5) is 12.9. The van der Waals surface area contributed by atoms with Gasteiger partial charge in [-0.2, -0.15) is 4.52 Å². The Bertz CT molecular complexity index is 1160. The molecule has 0 saturated heterocycles. The lowest BCUT2D eigenvalue weighted by atomic mass is 10.1. The largest absolute Gasteiger partial charge is 0.483 e. The van der Waals surface area contributed by atoms with E-state index >= 15 is 0 Å². The molecular formula is C20H19N5O2S. The topological polar surface area (TPSA) is 81.4 Å². The number of ether oxygens (including phenoxy) is 1. The van der Waals surface area contributed by atoms with E-state index in [4.69, 9.17) is 4.74 Å². The number of carbonyl (C=O) groups is 1. The third-order valence-corrected chi connectivity index (χ3v) is 5.02. The first-order chi connectivity index (χ1) is 13.5. The predicted octanol–water partition coefficient (Wildman–Crippen LogP) is 3.80. The maximum atomic E-state index is 12.2. The first-order valence-electron chi connectivity index (χ1n) is 8.79. The molecule has 2 heterocycles. The number of anilines is 1. The average molecular weight is 393 g/mol. The molecule has 142 valence electrons. The van der Waals surface area contributed by atoms with E-state index in [1.165, 1.54) is 11.3 Å². The van der Waals surface area contributed by atoms with Gasteiger partial charge in [0, 0.05) is 5.56 Å². The molecule has 0 radical (unpaired) electrons. The van der Waals surface area contributed by atoms with E-state index in [1.54, 1.807) is 4.52 Å². The molecular weight excluding hydrogens is 374 g/mol. The van der Waals surface area contributed by atoms with Gasteiger partial charge in [0.2, 0.25) is 10.1 Å². The summed E-state index contributed by atoms with van der Waals surface area (Å²) in [5, 5.41) is 16.0. The van der Waals surface area contributed by atoms with Gasteiger partial charge in [0.1, 0.15) is 5.75 Å². The highest BCUT2D eigenvalue weighted by atomic mass is 32.1. The molecule has 28 heavy (non-hydrogen) atoms. The van der Waals surface area contributed by atoms with E-state index < -0.39 is 0 Å². The number of nitrogens with one attached hydrogen (secondary N) is 1. The Kier molecular flexibility index (Phi) is 4.79. The summed E-state index contributed by atoms with van der Waals surface area (Å²) in [7, 11) is 0. The summed E-state index contributed by atoms with van der Waals surface area (Å²) < 4.78 is 7.26. The Morgan fingerprint density at radius 2 is 1.93 bits per heavy atom. The SMILES string of the molecule is Cc1cccc(-c2nnc3sc(NC(=O)COc4ccc(C)cc4C)nn23)c1. The lowest BCUT2D eigenvalue weighted by molar-refractivity contribution is -0.118. The number of amides is 1. The first kappa shape index (κ1) is 18.1. The van der Waals surface area contributed by atoms with Crippen molar-refractivity contribution in [3.8, 4) is 17.1 Å². The average Bonchev–Trinajstić information content (AvgIpc) is 3.21. The summed E-state index contributed by atoms with van der Waals surface area (Å²) >= 11 is 1.26. The van der Waals surface area contributed by atoms with E-state index in [9.17, 15) is 4.79 Å². The minimum atomic E-state index is -0.276. The summed E-state index contributed by atoms with van der Waals surface area (Å²) in [6.45, 7) is 5.90. The predicted molar refractivity (Wildman–Crippen MR) is 109 cm³/mol. The van der Waals surface area contributed by atoms with Crippen LogP contribution in [-0.4, -0.2) is 32.3 Å². The number of hydrogen-bond donors (Lipinski definition) is 1. The van der Waals surface area contributed by atoms with Crippen molar-refractivity contribution in [2.75, 3.05) is 11.9 Å². The van der Waals surface area contributed by atoms with Gasteiger partial charge in [-0.3, -0.25) is 10.1 Å². The maximum Gasteiger partial charge on any atom is 0.264 e. The second-order valence-electron chi connectivity index (χ2n) is 6.60. The number of benzene rings is 2. The van der Waals surface area contributed by atoms with Crippen LogP contribution in [0, 0.1) is 20.8 Å². The van der Waals surface area contributed by atoms with Crippen LogP contribution in [0.3, 0.4) is 0 Å². The van der Waals surface area contributed by atoms with Crippen LogP contribution in [0.25, 0.3) is 16.3 Å². The molecule has 0 bridgehead atoms. The van der Waals surface area contributed by atoms with Gasteiger partial charge in [0.25, 0.3) is 5.91 Å². The van der Waals surface area contributed by atoms with E-state index in [2.05, 4.69) is 20.6 Å². The highest BCUT2D eigenvalue weighted by molar-refractivity contribution is 7.20. The number of aromatic nitrogens is 4. The van der Waals surface area contributed by atoms with Crippen LogP contribution in [0.15, 0.2) is 42.5 Å². The molecule has 2 aromatic carbocycles. The number of carbonyl (C=O) groups excluding carboxylic acids is 1. The fraction of sp³-hybridized carbons (Fsp3) is 0.200. The molecule has 0 unspecified atom stereocenters. The molecule has 0 spiro atoms. The highest BCUT2D eigenvalue weighted by Crippen LogP contribution is 2.25. The van der Waals surface area contributed by atoms with Crippen molar-refractivity contribution in [2.24, 2.45) is 0 Å². The normalized spacial score (nSPS) is 11.0. The zero-order valence-corrected chi connectivity index (χ0v) is 16.6. The van der Waals surface area contributed by atoms with E-state index in [1.807, 2.05) is 63.2 Å². The third-order valence-electron chi connectivity index (χ3n) is 4.20. The fourth-order valence-electron chi connectivity index (χ4n) is 2.89. The number of fused-ring (bicyclic) bond motifs is 1. The molecule has 0 fully saturated rings. The monoisotopic (exact) mass is 393 g/mol. The Morgan fingerprint density at radius 1 is 1.11 bits per heavy atom. The van der Waals surface area contributed by atoms with E-state index in [0.29, 0.717) is 21.7 Å². The van der Waals surface area contributed by atoms with E-state index in [-0.39, 0.29) is 12.5 Å². The van der Waals surface area contributed by atoms with Crippen molar-refractivity contribution < 1.29 is 9.53 Å². The van der Waals surface area contributed by atoms with Crippen molar-refractivity contribution in [3.63, 3.8) is 0 Å². The fourth-order valence-corrected chi connectivity index (χ4v) is 3.65. The quantitative estimate of drug-likeness (QED) is 0.558. The van der Waals surface area contributed by atoms with Crippen molar-refractivity contribution in [2.45, 2.75) is 20.8 Å². The third kappa shape index (κ3) is 3.72. The molecule has 1 amide bonds. The number of nitrogens with zero attached hydrogens (tertiary/aromatic N) is 4. The smallest absolute Gasteiger partial charge is 0.264 e. The van der Waals surface area contributed by atoms with Crippen molar-refractivity contribution in [1.82, 2.24) is 19.8 Å². The second-order valence-corrected chi connectivity index (χ2v) is 7.56. The molecule has 0 aliphatic heterocycles. The van der Waals surface area contributed by atoms with Crippen LogP contribution < -0.4 is 10.1 Å². The Morgan fingerprint density at radius 3 is 2.71 bits per heavy atom. The molecule has 1 N–H and O–H groups in total. The molecule has 0 aliphatic carbocycles. The van der Waals surface area contributed by atoms with Crippen LogP contribution in [0.2, 0.25) is 0 Å². The van der Waals surface area contributed by atoms with Crippen LogP contribution in [0.5, 0.6) is 5.75 Å². The molecule has 0 aliphatic rings. The molecule has 0 saturated carbocycles. The highest BCUT2D eigenvalue weighted by Gasteiger charge is 2.15. The summed E-state index contributed by atoms with van der Waals surface area (Å²) in [5.74, 6) is 1.06. The lowest BCUT2D eigenvalue weighted by Gasteiger charge is -2.09. The molecule has 4 rings (SSSR count). The van der Waals surface area contributed by atoms with Gasteiger partial charge in [0.15, 0.2) is 12.4 Å². The van der Waals surface area contributed by atoms with Crippen LogP contribution >= 0.6 is 11.3 Å². The Hall–Kier alpha value is -3.26. The molecule has 0 atom stereocenters. The Balaban J connectivity index is 1.47. The zero-order chi connectivity index (χ0) is 19.7. The van der Waals surface area contributed by atoms with E-state index in [0.717, 1.165) is 22.3 Å². The van der Waals surface area contributed by atoms with Crippen molar-refractivity contribution >= 4 is 27.3 Å². The van der Waals surface area contributed by atoms with Gasteiger partial charge in [-0.1, -0.05) is 52.8 Å². The Labute approximate surface area is 166 Å². The minimum absolute atomic E-state index is 0.0885. The van der Waals surface area contributed by atoms with Crippen LogP contribution in [0.1, 0.15) is 16.7 Å². The summed E-state index contributed by atoms with van der Waals surface area (Å²) in [6, 6.07) is 13.8. The first-order valence-corrected chi connectivity index (χ1v) is 9.60. The zero-order valence-electron chi connectivity index (χ0n) is 15.8. The molecule has 2 aromatic heterocycles. The lowest BCUT2D eigenvalue weighted by Crippen LogP contribution is -2.20. The number of hydrogen-bond acceptors (Lipinski definition) is 6. The van der Waals surface area contributed by atoms with Crippen LogP contribution in [0.4, 0.5) is 5.13 Å². The van der Waals surface area contributed by atoms with Gasteiger partial charge in [-0.25, -0.2) is 0 Å². The van der Waals surface area contributed by atoms with Gasteiger partial charge in [-0.15, -0.1) is 15.3 Å². The van der Waals surface area contributed by atoms with Crippen molar-refractivity contribution in [1.29, 1.82) is 0 Å².